The minimum absolute atomic E-state index is 0.574. The molecule has 10 nitrogen and oxygen atoms in total. The number of hydrogen-bond acceptors (Lipinski definition) is 10. The van der Waals surface area contributed by atoms with Gasteiger partial charge >= 0.3 is 0 Å². The van der Waals surface area contributed by atoms with Gasteiger partial charge in [-0.05, 0) is 13.0 Å². The molecule has 0 amide bonds. The lowest BCUT2D eigenvalue weighted by Gasteiger charge is -2.45. The van der Waals surface area contributed by atoms with Gasteiger partial charge in [0.15, 0.2) is 6.29 Å². The van der Waals surface area contributed by atoms with Crippen molar-refractivity contribution in [3.8, 4) is 0 Å². The van der Waals surface area contributed by atoms with Crippen LogP contribution in [0.2, 0.25) is 0 Å². The zero-order valence-electron chi connectivity index (χ0n) is 13.4. The van der Waals surface area contributed by atoms with E-state index >= 15 is 0 Å². The number of hydrogen-bond donors (Lipinski definition) is 6. The van der Waals surface area contributed by atoms with Gasteiger partial charge in [-0.25, -0.2) is 0 Å². The first-order valence-corrected chi connectivity index (χ1v) is 8.11. The van der Waals surface area contributed by atoms with E-state index in [1.165, 1.54) is 12.3 Å². The van der Waals surface area contributed by atoms with E-state index in [0.717, 1.165) is 0 Å². The van der Waals surface area contributed by atoms with Gasteiger partial charge in [-0.15, -0.1) is 0 Å². The van der Waals surface area contributed by atoms with Crippen LogP contribution in [-0.2, 0) is 18.9 Å². The Labute approximate surface area is 142 Å². The zero-order valence-corrected chi connectivity index (χ0v) is 13.4. The fourth-order valence-electron chi connectivity index (χ4n) is 4.17. The highest BCUT2D eigenvalue weighted by atomic mass is 16.8. The molecule has 0 aromatic heterocycles. The van der Waals surface area contributed by atoms with Crippen molar-refractivity contribution in [2.45, 2.75) is 67.3 Å². The quantitative estimate of drug-likeness (QED) is 0.278. The summed E-state index contributed by atoms with van der Waals surface area (Å²) >= 11 is 0. The molecule has 3 heterocycles. The summed E-state index contributed by atoms with van der Waals surface area (Å²) in [6.07, 6.45) is -7.63. The number of epoxide rings is 1. The Bertz CT molecular complexity index is 569. The molecule has 0 aromatic carbocycles. The Morgan fingerprint density at radius 3 is 2.48 bits per heavy atom. The van der Waals surface area contributed by atoms with Gasteiger partial charge in [-0.2, -0.15) is 0 Å². The maximum atomic E-state index is 10.8. The van der Waals surface area contributed by atoms with Gasteiger partial charge in [0.1, 0.15) is 47.8 Å². The van der Waals surface area contributed by atoms with E-state index < -0.39 is 72.9 Å². The minimum Gasteiger partial charge on any atom is -0.472 e. The third-order valence-corrected chi connectivity index (χ3v) is 5.70. The van der Waals surface area contributed by atoms with Crippen molar-refractivity contribution in [1.82, 2.24) is 0 Å². The molecule has 1 aliphatic carbocycles. The summed E-state index contributed by atoms with van der Waals surface area (Å²) in [6.45, 7) is 1.11. The molecule has 0 unspecified atom stereocenters. The van der Waals surface area contributed by atoms with E-state index in [0.29, 0.717) is 0 Å². The molecule has 0 bridgehead atoms. The highest BCUT2D eigenvalue weighted by Gasteiger charge is 2.79. The highest BCUT2D eigenvalue weighted by Crippen LogP contribution is 2.61. The van der Waals surface area contributed by atoms with Crippen LogP contribution in [0.5, 0.6) is 0 Å². The van der Waals surface area contributed by atoms with Crippen molar-refractivity contribution < 1.29 is 49.6 Å². The first-order chi connectivity index (χ1) is 11.7. The van der Waals surface area contributed by atoms with E-state index in [1.54, 1.807) is 6.92 Å². The van der Waals surface area contributed by atoms with Crippen molar-refractivity contribution in [3.05, 3.63) is 12.3 Å². The molecule has 2 saturated heterocycles. The van der Waals surface area contributed by atoms with Crippen LogP contribution in [0, 0.1) is 5.92 Å². The van der Waals surface area contributed by atoms with Crippen molar-refractivity contribution in [2.24, 2.45) is 5.92 Å². The summed E-state index contributed by atoms with van der Waals surface area (Å²) in [6, 6.07) is 0. The van der Waals surface area contributed by atoms with Crippen LogP contribution in [0.15, 0.2) is 12.3 Å². The molecule has 25 heavy (non-hydrogen) atoms. The smallest absolute Gasteiger partial charge is 0.210 e. The standard InChI is InChI=1S/C15H22O10/c1-14-9-13(22-3-2-15(9,21)10(20)11(14)25-14)24-12-8(19)7(18)6(17)5(4-16)23-12/h2-3,5-13,16-21H,4H2,1H3/t5-,6-,7+,8-,9+,10+,11-,12+,13-,14+,15-/m0/s1. The second kappa shape index (κ2) is 5.59. The maximum Gasteiger partial charge on any atom is 0.210 e. The molecule has 3 aliphatic heterocycles. The molecule has 4 rings (SSSR count). The average molecular weight is 362 g/mol. The summed E-state index contributed by atoms with van der Waals surface area (Å²) in [5.41, 5.74) is -2.51. The molecule has 142 valence electrons. The number of rotatable bonds is 3. The number of aliphatic hydroxyl groups is 6. The van der Waals surface area contributed by atoms with Crippen LogP contribution in [0.3, 0.4) is 0 Å². The monoisotopic (exact) mass is 362 g/mol. The molecule has 4 aliphatic rings. The van der Waals surface area contributed by atoms with Crippen molar-refractivity contribution >= 4 is 0 Å². The lowest BCUT2D eigenvalue weighted by molar-refractivity contribution is -0.349. The first kappa shape index (κ1) is 17.6. The Balaban J connectivity index is 1.56. The molecule has 0 aromatic rings. The fourth-order valence-corrected chi connectivity index (χ4v) is 4.17. The minimum atomic E-state index is -1.63. The number of ether oxygens (including phenoxy) is 4. The van der Waals surface area contributed by atoms with E-state index in [2.05, 4.69) is 0 Å². The van der Waals surface area contributed by atoms with Crippen molar-refractivity contribution in [2.75, 3.05) is 6.61 Å². The highest BCUT2D eigenvalue weighted by molar-refractivity contribution is 5.31. The van der Waals surface area contributed by atoms with Crippen molar-refractivity contribution in [1.29, 1.82) is 0 Å². The third kappa shape index (κ3) is 2.30. The molecular formula is C15H22O10. The Morgan fingerprint density at radius 2 is 1.80 bits per heavy atom. The Hall–Kier alpha value is -0.820. The van der Waals surface area contributed by atoms with Gasteiger partial charge in [0.2, 0.25) is 6.29 Å². The summed E-state index contributed by atoms with van der Waals surface area (Å²) in [5, 5.41) is 60.0. The van der Waals surface area contributed by atoms with E-state index in [9.17, 15) is 30.6 Å². The predicted molar refractivity (Wildman–Crippen MR) is 76.6 cm³/mol. The molecule has 6 N–H and O–H groups in total. The SMILES string of the molecule is C[C@]12O[C@H]1[C@@H](O)[C@]1(O)C=CO[C@@H](O[C@H]3O[C@@H](CO)[C@H](O)[C@@H](O)[C@@H]3O)[C@@H]12. The number of fused-ring (bicyclic) bond motifs is 3. The third-order valence-electron chi connectivity index (χ3n) is 5.70. The van der Waals surface area contributed by atoms with Gasteiger partial charge in [-0.1, -0.05) is 0 Å². The number of aliphatic hydroxyl groups excluding tert-OH is 5. The maximum absolute atomic E-state index is 10.8. The van der Waals surface area contributed by atoms with Gasteiger partial charge in [0.25, 0.3) is 0 Å². The summed E-state index contributed by atoms with van der Waals surface area (Å²) in [4.78, 5) is 0. The second-order valence-electron chi connectivity index (χ2n) is 7.17. The van der Waals surface area contributed by atoms with Gasteiger partial charge in [0, 0.05) is 0 Å². The molecular weight excluding hydrogens is 340 g/mol. The van der Waals surface area contributed by atoms with Crippen molar-refractivity contribution in [3.63, 3.8) is 0 Å². The Morgan fingerprint density at radius 1 is 1.08 bits per heavy atom. The fraction of sp³-hybridized carbons (Fsp3) is 0.867. The van der Waals surface area contributed by atoms with E-state index in [4.69, 9.17) is 18.9 Å². The molecule has 11 atom stereocenters. The second-order valence-corrected chi connectivity index (χ2v) is 7.17. The van der Waals surface area contributed by atoms with E-state index in [1.807, 2.05) is 0 Å². The van der Waals surface area contributed by atoms with Crippen LogP contribution < -0.4 is 0 Å². The molecule has 0 radical (unpaired) electrons. The lowest BCUT2D eigenvalue weighted by atomic mass is 9.82. The average Bonchev–Trinajstić information content (AvgIpc) is 3.22. The van der Waals surface area contributed by atoms with Crippen LogP contribution in [0.25, 0.3) is 0 Å². The topological polar surface area (TPSA) is 162 Å². The van der Waals surface area contributed by atoms with Crippen LogP contribution >= 0.6 is 0 Å². The Kier molecular flexibility index (Phi) is 3.93. The molecule has 10 heteroatoms. The van der Waals surface area contributed by atoms with E-state index in [-0.39, 0.29) is 0 Å². The van der Waals surface area contributed by atoms with Crippen LogP contribution in [0.1, 0.15) is 6.92 Å². The molecule has 1 saturated carbocycles. The van der Waals surface area contributed by atoms with Gasteiger partial charge in [-0.3, -0.25) is 0 Å². The first-order valence-electron chi connectivity index (χ1n) is 8.11. The summed E-state index contributed by atoms with van der Waals surface area (Å²) in [7, 11) is 0. The molecule has 3 fully saturated rings. The zero-order chi connectivity index (χ0) is 18.1. The summed E-state index contributed by atoms with van der Waals surface area (Å²) in [5.74, 6) is -0.808. The largest absolute Gasteiger partial charge is 0.472 e. The molecule has 0 spiro atoms. The normalized spacial score (nSPS) is 59.9. The van der Waals surface area contributed by atoms with Crippen LogP contribution in [-0.4, -0.2) is 97.7 Å². The van der Waals surface area contributed by atoms with Crippen LogP contribution in [0.4, 0.5) is 0 Å². The summed E-state index contributed by atoms with van der Waals surface area (Å²) < 4.78 is 21.8. The predicted octanol–water partition coefficient (Wildman–Crippen LogP) is -3.45. The van der Waals surface area contributed by atoms with Gasteiger partial charge in [0.05, 0.1) is 18.8 Å². The lowest BCUT2D eigenvalue weighted by Crippen LogP contribution is -2.61. The van der Waals surface area contributed by atoms with Gasteiger partial charge < -0.3 is 49.6 Å².